The Bertz CT molecular complexity index is 416. The van der Waals surface area contributed by atoms with Gasteiger partial charge in [0, 0.05) is 6.54 Å². The lowest BCUT2D eigenvalue weighted by Gasteiger charge is -2.31. The Morgan fingerprint density at radius 2 is 1.76 bits per heavy atom. The third-order valence-electron chi connectivity index (χ3n) is 3.32. The van der Waals surface area contributed by atoms with Crippen LogP contribution in [0.1, 0.15) is 27.2 Å². The molecule has 3 heteroatoms. The lowest BCUT2D eigenvalue weighted by atomic mass is 10.2. The van der Waals surface area contributed by atoms with E-state index in [1.54, 1.807) is 6.92 Å². The van der Waals surface area contributed by atoms with Crippen LogP contribution in [0.4, 0.5) is 11.4 Å². The molecule has 1 aromatic carbocycles. The molecule has 0 saturated heterocycles. The first-order valence-electron chi connectivity index (χ1n) is 6.30. The predicted molar refractivity (Wildman–Crippen MR) is 71.6 cm³/mol. The van der Waals surface area contributed by atoms with E-state index in [2.05, 4.69) is 41.8 Å². The minimum absolute atomic E-state index is 0.219. The van der Waals surface area contributed by atoms with Gasteiger partial charge in [0.2, 0.25) is 0 Å². The smallest absolute Gasteiger partial charge is 0.149 e. The van der Waals surface area contributed by atoms with Gasteiger partial charge in [-0.05, 0) is 32.4 Å². The van der Waals surface area contributed by atoms with Crippen LogP contribution in [0.15, 0.2) is 24.3 Å². The number of carbonyl (C=O) groups is 1. The second-order valence-corrected chi connectivity index (χ2v) is 4.49. The number of Topliss-reactive ketones (excluding diaryl/α,β-unsaturated/α-hetero) is 1. The SMILES string of the molecule is CCC1N(CC)c2ccccc2N1CC(C)=O. The fourth-order valence-corrected chi connectivity index (χ4v) is 2.69. The van der Waals surface area contributed by atoms with Crippen LogP contribution in [0.5, 0.6) is 0 Å². The van der Waals surface area contributed by atoms with Gasteiger partial charge in [-0.25, -0.2) is 0 Å². The number of rotatable bonds is 4. The standard InChI is InChI=1S/C14H20N2O/c1-4-14-15(5-2)12-8-6-7-9-13(12)16(14)10-11(3)17/h6-9,14H,4-5,10H2,1-3H3. The van der Waals surface area contributed by atoms with Crippen molar-refractivity contribution in [2.24, 2.45) is 0 Å². The fourth-order valence-electron chi connectivity index (χ4n) is 2.69. The molecule has 1 aliphatic rings. The first-order chi connectivity index (χ1) is 8.19. The maximum atomic E-state index is 11.4. The van der Waals surface area contributed by atoms with E-state index in [9.17, 15) is 4.79 Å². The van der Waals surface area contributed by atoms with Crippen molar-refractivity contribution in [1.29, 1.82) is 0 Å². The molecule has 1 unspecified atom stereocenters. The van der Waals surface area contributed by atoms with Crippen LogP contribution in [0.3, 0.4) is 0 Å². The number of hydrogen-bond acceptors (Lipinski definition) is 3. The van der Waals surface area contributed by atoms with Gasteiger partial charge >= 0.3 is 0 Å². The lowest BCUT2D eigenvalue weighted by Crippen LogP contribution is -2.44. The molecule has 1 aromatic rings. The van der Waals surface area contributed by atoms with Crippen LogP contribution in [0.25, 0.3) is 0 Å². The third kappa shape index (κ3) is 2.02. The molecule has 0 amide bonds. The Morgan fingerprint density at radius 3 is 2.24 bits per heavy atom. The van der Waals surface area contributed by atoms with Gasteiger partial charge < -0.3 is 9.80 Å². The van der Waals surface area contributed by atoms with E-state index in [0.717, 1.165) is 13.0 Å². The normalized spacial score (nSPS) is 18.4. The molecule has 3 nitrogen and oxygen atoms in total. The molecule has 0 aliphatic carbocycles. The van der Waals surface area contributed by atoms with Crippen molar-refractivity contribution >= 4 is 17.2 Å². The zero-order chi connectivity index (χ0) is 12.4. The van der Waals surface area contributed by atoms with E-state index in [1.165, 1.54) is 11.4 Å². The number of para-hydroxylation sites is 2. The second kappa shape index (κ2) is 4.78. The Kier molecular flexibility index (Phi) is 3.36. The van der Waals surface area contributed by atoms with E-state index in [1.807, 2.05) is 6.07 Å². The molecule has 0 N–H and O–H groups in total. The summed E-state index contributed by atoms with van der Waals surface area (Å²) in [7, 11) is 0. The molecule has 92 valence electrons. The van der Waals surface area contributed by atoms with Crippen LogP contribution in [0, 0.1) is 0 Å². The van der Waals surface area contributed by atoms with E-state index in [-0.39, 0.29) is 5.78 Å². The van der Waals surface area contributed by atoms with Crippen LogP contribution >= 0.6 is 0 Å². The highest BCUT2D eigenvalue weighted by atomic mass is 16.1. The van der Waals surface area contributed by atoms with Crippen LogP contribution in [-0.2, 0) is 4.79 Å². The number of ketones is 1. The van der Waals surface area contributed by atoms with Crippen molar-refractivity contribution in [2.45, 2.75) is 33.4 Å². The summed E-state index contributed by atoms with van der Waals surface area (Å²) in [5.41, 5.74) is 2.44. The molecule has 17 heavy (non-hydrogen) atoms. The van der Waals surface area contributed by atoms with Crippen LogP contribution in [0.2, 0.25) is 0 Å². The first kappa shape index (κ1) is 12.0. The summed E-state index contributed by atoms with van der Waals surface area (Å²) in [6.07, 6.45) is 1.34. The van der Waals surface area contributed by atoms with Crippen molar-refractivity contribution in [3.8, 4) is 0 Å². The van der Waals surface area contributed by atoms with E-state index >= 15 is 0 Å². The van der Waals surface area contributed by atoms with Crippen molar-refractivity contribution in [2.75, 3.05) is 22.9 Å². The minimum Gasteiger partial charge on any atom is -0.350 e. The van der Waals surface area contributed by atoms with Gasteiger partial charge in [-0.15, -0.1) is 0 Å². The highest BCUT2D eigenvalue weighted by Crippen LogP contribution is 2.39. The number of carbonyl (C=O) groups excluding carboxylic acids is 1. The van der Waals surface area contributed by atoms with Gasteiger partial charge in [0.25, 0.3) is 0 Å². The summed E-state index contributed by atoms with van der Waals surface area (Å²) >= 11 is 0. The summed E-state index contributed by atoms with van der Waals surface area (Å²) in [6.45, 7) is 7.48. The minimum atomic E-state index is 0.219. The highest BCUT2D eigenvalue weighted by Gasteiger charge is 2.33. The van der Waals surface area contributed by atoms with Crippen molar-refractivity contribution in [3.63, 3.8) is 0 Å². The predicted octanol–water partition coefficient (Wildman–Crippen LogP) is 2.66. The average Bonchev–Trinajstić information content (AvgIpc) is 2.62. The summed E-state index contributed by atoms with van der Waals surface area (Å²) < 4.78 is 0. The zero-order valence-corrected chi connectivity index (χ0v) is 10.8. The van der Waals surface area contributed by atoms with Gasteiger partial charge in [-0.1, -0.05) is 19.1 Å². The monoisotopic (exact) mass is 232 g/mol. The van der Waals surface area contributed by atoms with Crippen LogP contribution in [-0.4, -0.2) is 25.0 Å². The van der Waals surface area contributed by atoms with E-state index in [0.29, 0.717) is 12.7 Å². The Hall–Kier alpha value is -1.51. The Labute approximate surface area is 103 Å². The highest BCUT2D eigenvalue weighted by molar-refractivity contribution is 5.86. The molecule has 1 atom stereocenters. The molecule has 0 fully saturated rings. The van der Waals surface area contributed by atoms with Crippen LogP contribution < -0.4 is 9.80 Å². The van der Waals surface area contributed by atoms with Gasteiger partial charge in [0.15, 0.2) is 0 Å². The lowest BCUT2D eigenvalue weighted by molar-refractivity contribution is -0.115. The largest absolute Gasteiger partial charge is 0.350 e. The van der Waals surface area contributed by atoms with Crippen molar-refractivity contribution in [3.05, 3.63) is 24.3 Å². The number of benzene rings is 1. The number of nitrogens with zero attached hydrogens (tertiary/aromatic N) is 2. The van der Waals surface area contributed by atoms with Gasteiger partial charge in [-0.3, -0.25) is 4.79 Å². The summed E-state index contributed by atoms with van der Waals surface area (Å²) in [5, 5.41) is 0. The summed E-state index contributed by atoms with van der Waals surface area (Å²) in [5.74, 6) is 0.219. The Balaban J connectivity index is 2.40. The Morgan fingerprint density at radius 1 is 1.18 bits per heavy atom. The van der Waals surface area contributed by atoms with E-state index in [4.69, 9.17) is 0 Å². The average molecular weight is 232 g/mol. The molecule has 1 heterocycles. The number of hydrogen-bond donors (Lipinski definition) is 0. The van der Waals surface area contributed by atoms with Crippen molar-refractivity contribution in [1.82, 2.24) is 0 Å². The van der Waals surface area contributed by atoms with Crippen molar-refractivity contribution < 1.29 is 4.79 Å². The molecular formula is C14H20N2O. The van der Waals surface area contributed by atoms with Gasteiger partial charge in [-0.2, -0.15) is 0 Å². The fraction of sp³-hybridized carbons (Fsp3) is 0.500. The second-order valence-electron chi connectivity index (χ2n) is 4.49. The molecule has 0 radical (unpaired) electrons. The topological polar surface area (TPSA) is 23.6 Å². The van der Waals surface area contributed by atoms with Gasteiger partial charge in [0.1, 0.15) is 11.9 Å². The first-order valence-corrected chi connectivity index (χ1v) is 6.30. The molecule has 0 saturated carbocycles. The maximum Gasteiger partial charge on any atom is 0.149 e. The molecule has 0 aromatic heterocycles. The number of fused-ring (bicyclic) bond motifs is 1. The molecule has 0 spiro atoms. The van der Waals surface area contributed by atoms with E-state index < -0.39 is 0 Å². The maximum absolute atomic E-state index is 11.4. The molecule has 2 rings (SSSR count). The van der Waals surface area contributed by atoms with Gasteiger partial charge in [0.05, 0.1) is 17.9 Å². The summed E-state index contributed by atoms with van der Waals surface area (Å²) in [6, 6.07) is 8.35. The quantitative estimate of drug-likeness (QED) is 0.797. The number of anilines is 2. The summed E-state index contributed by atoms with van der Waals surface area (Å²) in [4.78, 5) is 16.0. The third-order valence-corrected chi connectivity index (χ3v) is 3.32. The molecule has 1 aliphatic heterocycles. The molecular weight excluding hydrogens is 212 g/mol. The molecule has 0 bridgehead atoms. The zero-order valence-electron chi connectivity index (χ0n) is 10.8.